The molecule has 26 heavy (non-hydrogen) atoms. The molecule has 4 atom stereocenters. The van der Waals surface area contributed by atoms with Crippen LogP contribution in [0.1, 0.15) is 32.1 Å². The number of nitrogens with zero attached hydrogens (tertiary/aromatic N) is 1. The van der Waals surface area contributed by atoms with Crippen molar-refractivity contribution < 1.29 is 14.3 Å². The Hall–Kier alpha value is -2.36. The summed E-state index contributed by atoms with van der Waals surface area (Å²) < 4.78 is 5.18. The van der Waals surface area contributed by atoms with E-state index in [0.717, 1.165) is 18.6 Å². The van der Waals surface area contributed by atoms with E-state index in [2.05, 4.69) is 12.2 Å². The van der Waals surface area contributed by atoms with Gasteiger partial charge in [0.25, 0.3) is 0 Å². The van der Waals surface area contributed by atoms with Crippen LogP contribution in [0.3, 0.4) is 0 Å². The molecule has 4 heteroatoms. The fourth-order valence-electron chi connectivity index (χ4n) is 5.49. The van der Waals surface area contributed by atoms with E-state index in [9.17, 15) is 9.59 Å². The van der Waals surface area contributed by atoms with Crippen LogP contribution in [0.5, 0.6) is 5.75 Å². The number of amides is 2. The van der Waals surface area contributed by atoms with Crippen molar-refractivity contribution >= 4 is 17.5 Å². The maximum absolute atomic E-state index is 13.2. The first-order valence-electron chi connectivity index (χ1n) is 9.62. The van der Waals surface area contributed by atoms with Crippen molar-refractivity contribution in [1.82, 2.24) is 0 Å². The molecule has 0 N–H and O–H groups in total. The van der Waals surface area contributed by atoms with Gasteiger partial charge in [-0.25, -0.2) is 4.90 Å². The maximum atomic E-state index is 13.2. The summed E-state index contributed by atoms with van der Waals surface area (Å²) in [6.45, 7) is 0. The third kappa shape index (κ3) is 2.08. The van der Waals surface area contributed by atoms with E-state index >= 15 is 0 Å². The second kappa shape index (κ2) is 5.83. The zero-order valence-electron chi connectivity index (χ0n) is 15.0. The van der Waals surface area contributed by atoms with E-state index in [-0.39, 0.29) is 35.5 Å². The number of carbonyl (C=O) groups is 2. The number of imide groups is 1. The van der Waals surface area contributed by atoms with Gasteiger partial charge in [-0.05, 0) is 49.9 Å². The summed E-state index contributed by atoms with van der Waals surface area (Å²) in [7, 11) is 1.61. The van der Waals surface area contributed by atoms with Gasteiger partial charge in [0.05, 0.1) is 24.6 Å². The quantitative estimate of drug-likeness (QED) is 0.601. The van der Waals surface area contributed by atoms with E-state index in [1.165, 1.54) is 35.3 Å². The van der Waals surface area contributed by atoms with Crippen LogP contribution in [0.4, 0.5) is 5.69 Å². The van der Waals surface area contributed by atoms with Crippen LogP contribution in [0, 0.1) is 23.7 Å². The van der Waals surface area contributed by atoms with Gasteiger partial charge in [-0.1, -0.05) is 29.7 Å². The van der Waals surface area contributed by atoms with Gasteiger partial charge in [0.2, 0.25) is 11.8 Å². The molecule has 1 heterocycles. The predicted molar refractivity (Wildman–Crippen MR) is 98.7 cm³/mol. The van der Waals surface area contributed by atoms with Crippen molar-refractivity contribution in [3.63, 3.8) is 0 Å². The Morgan fingerprint density at radius 3 is 2.00 bits per heavy atom. The predicted octanol–water partition coefficient (Wildman–Crippen LogP) is 3.88. The van der Waals surface area contributed by atoms with Crippen molar-refractivity contribution in [2.45, 2.75) is 32.1 Å². The van der Waals surface area contributed by atoms with Gasteiger partial charge in [-0.2, -0.15) is 0 Å². The summed E-state index contributed by atoms with van der Waals surface area (Å²) in [6, 6.07) is 7.19. The number of ether oxygens (including phenoxy) is 1. The number of benzene rings is 1. The van der Waals surface area contributed by atoms with Gasteiger partial charge in [0.1, 0.15) is 5.75 Å². The number of fused-ring (bicyclic) bond motifs is 5. The Balaban J connectivity index is 1.49. The zero-order valence-corrected chi connectivity index (χ0v) is 15.0. The highest BCUT2D eigenvalue weighted by Crippen LogP contribution is 2.58. The minimum Gasteiger partial charge on any atom is -0.497 e. The lowest BCUT2D eigenvalue weighted by atomic mass is 9.85. The summed E-state index contributed by atoms with van der Waals surface area (Å²) in [4.78, 5) is 27.8. The largest absolute Gasteiger partial charge is 0.497 e. The Labute approximate surface area is 153 Å². The lowest BCUT2D eigenvalue weighted by Crippen LogP contribution is -2.33. The van der Waals surface area contributed by atoms with Crippen LogP contribution < -0.4 is 9.64 Å². The van der Waals surface area contributed by atoms with Gasteiger partial charge in [-0.3, -0.25) is 9.59 Å². The van der Waals surface area contributed by atoms with Crippen LogP contribution in [-0.4, -0.2) is 18.9 Å². The molecule has 1 saturated heterocycles. The maximum Gasteiger partial charge on any atom is 0.238 e. The molecule has 4 unspecified atom stereocenters. The Bertz CT molecular complexity index is 793. The first kappa shape index (κ1) is 15.9. The fraction of sp³-hybridized carbons (Fsp3) is 0.455. The summed E-state index contributed by atoms with van der Waals surface area (Å²) in [6.07, 6.45) is 10.5. The average molecular weight is 349 g/mol. The number of methoxy groups -OCH3 is 1. The molecule has 2 bridgehead atoms. The van der Waals surface area contributed by atoms with Crippen molar-refractivity contribution in [1.29, 1.82) is 0 Å². The minimum absolute atomic E-state index is 0.0315. The monoisotopic (exact) mass is 349 g/mol. The van der Waals surface area contributed by atoms with Crippen LogP contribution in [0.2, 0.25) is 0 Å². The molecule has 0 spiro atoms. The number of carbonyl (C=O) groups excluding carboxylic acids is 2. The Morgan fingerprint density at radius 1 is 0.885 bits per heavy atom. The molecule has 1 aromatic carbocycles. The molecular formula is C22H23NO3. The molecular weight excluding hydrogens is 326 g/mol. The van der Waals surface area contributed by atoms with E-state index < -0.39 is 0 Å². The SMILES string of the molecule is COc1ccc(N2C(=O)C3C4C=CC(C4=C4CCCCC4)C3C2=O)cc1. The average Bonchev–Trinajstić information content (AvgIpc) is 3.32. The van der Waals surface area contributed by atoms with Crippen LogP contribution >= 0.6 is 0 Å². The molecule has 134 valence electrons. The van der Waals surface area contributed by atoms with Crippen molar-refractivity contribution in [3.8, 4) is 5.75 Å². The molecule has 2 amide bonds. The van der Waals surface area contributed by atoms with Crippen LogP contribution in [-0.2, 0) is 9.59 Å². The van der Waals surface area contributed by atoms with E-state index in [1.54, 1.807) is 31.4 Å². The van der Waals surface area contributed by atoms with Gasteiger partial charge in [-0.15, -0.1) is 0 Å². The summed E-state index contributed by atoms with van der Waals surface area (Å²) in [5.41, 5.74) is 3.60. The lowest BCUT2D eigenvalue weighted by molar-refractivity contribution is -0.122. The van der Waals surface area contributed by atoms with Gasteiger partial charge < -0.3 is 4.74 Å². The highest BCUT2D eigenvalue weighted by atomic mass is 16.5. The van der Waals surface area contributed by atoms with E-state index in [4.69, 9.17) is 4.74 Å². The number of hydrogen-bond acceptors (Lipinski definition) is 3. The van der Waals surface area contributed by atoms with Crippen LogP contribution in [0.15, 0.2) is 47.6 Å². The van der Waals surface area contributed by atoms with Gasteiger partial charge in [0.15, 0.2) is 0 Å². The smallest absolute Gasteiger partial charge is 0.238 e. The summed E-state index contributed by atoms with van der Waals surface area (Å²) in [5.74, 6) is 0.523. The van der Waals surface area contributed by atoms with Gasteiger partial charge >= 0.3 is 0 Å². The standard InChI is InChI=1S/C22H23NO3/c1-26-15-9-7-14(8-10-15)23-21(24)19-16-11-12-17(20(19)22(23)25)18(16)13-5-3-2-4-6-13/h7-12,16-17,19-20H,2-6H2,1H3. The zero-order chi connectivity index (χ0) is 17.8. The number of allylic oxidation sites excluding steroid dienone is 4. The number of rotatable bonds is 2. The normalized spacial score (nSPS) is 32.6. The second-order valence-electron chi connectivity index (χ2n) is 7.82. The van der Waals surface area contributed by atoms with Gasteiger partial charge in [0, 0.05) is 11.8 Å². The van der Waals surface area contributed by atoms with E-state index in [1.807, 2.05) is 0 Å². The van der Waals surface area contributed by atoms with Crippen molar-refractivity contribution in [2.75, 3.05) is 12.0 Å². The first-order valence-corrected chi connectivity index (χ1v) is 9.62. The Kier molecular flexibility index (Phi) is 3.56. The molecule has 3 fully saturated rings. The van der Waals surface area contributed by atoms with Crippen LogP contribution in [0.25, 0.3) is 0 Å². The fourth-order valence-corrected chi connectivity index (χ4v) is 5.49. The summed E-state index contributed by atoms with van der Waals surface area (Å²) in [5, 5.41) is 0. The highest BCUT2D eigenvalue weighted by Gasteiger charge is 2.62. The molecule has 2 saturated carbocycles. The minimum atomic E-state index is -0.205. The lowest BCUT2D eigenvalue weighted by Gasteiger charge is -2.23. The topological polar surface area (TPSA) is 46.6 Å². The number of anilines is 1. The molecule has 4 nitrogen and oxygen atoms in total. The van der Waals surface area contributed by atoms with Crippen molar-refractivity contribution in [3.05, 3.63) is 47.6 Å². The molecule has 3 aliphatic carbocycles. The molecule has 1 aromatic rings. The molecule has 0 aromatic heterocycles. The highest BCUT2D eigenvalue weighted by molar-refractivity contribution is 6.23. The first-order chi connectivity index (χ1) is 12.7. The number of hydrogen-bond donors (Lipinski definition) is 0. The second-order valence-corrected chi connectivity index (χ2v) is 7.82. The Morgan fingerprint density at radius 2 is 1.46 bits per heavy atom. The molecule has 5 rings (SSSR count). The molecule has 1 aliphatic heterocycles. The van der Waals surface area contributed by atoms with Crippen molar-refractivity contribution in [2.24, 2.45) is 23.7 Å². The summed E-state index contributed by atoms with van der Waals surface area (Å²) >= 11 is 0. The molecule has 0 radical (unpaired) electrons. The third-order valence-corrected chi connectivity index (χ3v) is 6.61. The third-order valence-electron chi connectivity index (χ3n) is 6.61. The molecule has 4 aliphatic rings. The van der Waals surface area contributed by atoms with E-state index in [0.29, 0.717) is 5.69 Å².